The average molecular weight is 330 g/mol. The number of phenols is 1. The molecule has 0 spiro atoms. The van der Waals surface area contributed by atoms with Gasteiger partial charge in [0.15, 0.2) is 11.5 Å². The molecule has 2 N–H and O–H groups in total. The lowest BCUT2D eigenvalue weighted by Crippen LogP contribution is -2.44. The standard InChI is InChI=1S/C21H30O3/c1-4-12-9-17-15-6-5-13-10-18(22)19(24-3)11-16(13)14(15)7-8-21(17,2)20(12)23/h10-12,14-15,17,20,22-23H,4-9H2,1-3H3/t12-,14+,15-,17+,20+,21+/m1/s1. The third-order valence-electron chi connectivity index (χ3n) is 7.67. The summed E-state index contributed by atoms with van der Waals surface area (Å²) in [4.78, 5) is 0. The molecule has 0 unspecified atom stereocenters. The van der Waals surface area contributed by atoms with Crippen LogP contribution in [0.5, 0.6) is 11.5 Å². The summed E-state index contributed by atoms with van der Waals surface area (Å²) in [6, 6.07) is 3.99. The van der Waals surface area contributed by atoms with Gasteiger partial charge in [0.2, 0.25) is 0 Å². The molecule has 0 aliphatic heterocycles. The fourth-order valence-electron chi connectivity index (χ4n) is 6.29. The number of benzene rings is 1. The van der Waals surface area contributed by atoms with E-state index in [9.17, 15) is 10.2 Å². The van der Waals surface area contributed by atoms with Crippen LogP contribution in [-0.4, -0.2) is 23.4 Å². The van der Waals surface area contributed by atoms with E-state index in [1.54, 1.807) is 7.11 Å². The van der Waals surface area contributed by atoms with Crippen molar-refractivity contribution in [1.82, 2.24) is 0 Å². The van der Waals surface area contributed by atoms with Gasteiger partial charge >= 0.3 is 0 Å². The van der Waals surface area contributed by atoms with Gasteiger partial charge < -0.3 is 14.9 Å². The molecule has 3 aliphatic rings. The Bertz CT molecular complexity index is 640. The van der Waals surface area contributed by atoms with Crippen molar-refractivity contribution in [2.24, 2.45) is 23.2 Å². The molecule has 0 amide bonds. The lowest BCUT2D eigenvalue weighted by molar-refractivity contribution is -0.0329. The monoisotopic (exact) mass is 330 g/mol. The van der Waals surface area contributed by atoms with Crippen molar-refractivity contribution in [1.29, 1.82) is 0 Å². The number of hydrogen-bond donors (Lipinski definition) is 2. The van der Waals surface area contributed by atoms with Crippen LogP contribution in [0, 0.1) is 23.2 Å². The van der Waals surface area contributed by atoms with E-state index in [-0.39, 0.29) is 17.3 Å². The Hall–Kier alpha value is -1.22. The first kappa shape index (κ1) is 16.3. The van der Waals surface area contributed by atoms with Crippen LogP contribution in [0.4, 0.5) is 0 Å². The number of aliphatic hydroxyl groups excluding tert-OH is 1. The Labute approximate surface area is 145 Å². The van der Waals surface area contributed by atoms with Crippen LogP contribution in [0.2, 0.25) is 0 Å². The molecule has 1 aromatic rings. The summed E-state index contributed by atoms with van der Waals surface area (Å²) in [6.07, 6.45) is 6.61. The van der Waals surface area contributed by atoms with Crippen molar-refractivity contribution < 1.29 is 14.9 Å². The van der Waals surface area contributed by atoms with E-state index in [1.165, 1.54) is 24.0 Å². The topological polar surface area (TPSA) is 49.7 Å². The van der Waals surface area contributed by atoms with E-state index >= 15 is 0 Å². The smallest absolute Gasteiger partial charge is 0.160 e. The minimum absolute atomic E-state index is 0.0976. The Morgan fingerprint density at radius 2 is 2.08 bits per heavy atom. The Kier molecular flexibility index (Phi) is 3.83. The molecule has 0 radical (unpaired) electrons. The highest BCUT2D eigenvalue weighted by Gasteiger charge is 2.57. The number of rotatable bonds is 2. The molecule has 3 nitrogen and oxygen atoms in total. The summed E-state index contributed by atoms with van der Waals surface area (Å²) < 4.78 is 5.36. The van der Waals surface area contributed by atoms with E-state index < -0.39 is 0 Å². The van der Waals surface area contributed by atoms with Crippen LogP contribution in [0.15, 0.2) is 12.1 Å². The first-order valence-corrected chi connectivity index (χ1v) is 9.57. The van der Waals surface area contributed by atoms with Crippen molar-refractivity contribution in [2.45, 2.75) is 64.4 Å². The summed E-state index contributed by atoms with van der Waals surface area (Å²) in [6.45, 7) is 4.55. The summed E-state index contributed by atoms with van der Waals surface area (Å²) in [5.74, 6) is 3.18. The maximum atomic E-state index is 10.9. The quantitative estimate of drug-likeness (QED) is 0.852. The molecule has 0 saturated heterocycles. The van der Waals surface area contributed by atoms with Crippen molar-refractivity contribution in [2.75, 3.05) is 7.11 Å². The van der Waals surface area contributed by atoms with Crippen LogP contribution < -0.4 is 4.74 Å². The number of aliphatic hydroxyl groups is 1. The third-order valence-corrected chi connectivity index (χ3v) is 7.67. The zero-order chi connectivity index (χ0) is 17.1. The fraction of sp³-hybridized carbons (Fsp3) is 0.714. The first-order chi connectivity index (χ1) is 11.5. The number of ether oxygens (including phenoxy) is 1. The predicted octanol–water partition coefficient (Wildman–Crippen LogP) is 4.25. The molecule has 0 heterocycles. The van der Waals surface area contributed by atoms with E-state index in [0.29, 0.717) is 29.4 Å². The highest BCUT2D eigenvalue weighted by atomic mass is 16.5. The number of aromatic hydroxyl groups is 1. The first-order valence-electron chi connectivity index (χ1n) is 9.57. The fourth-order valence-corrected chi connectivity index (χ4v) is 6.29. The predicted molar refractivity (Wildman–Crippen MR) is 94.4 cm³/mol. The van der Waals surface area contributed by atoms with Gasteiger partial charge in [0.1, 0.15) is 0 Å². The van der Waals surface area contributed by atoms with Gasteiger partial charge in [-0.1, -0.05) is 20.3 Å². The molecule has 3 aliphatic carbocycles. The number of hydrogen-bond acceptors (Lipinski definition) is 3. The molecular formula is C21H30O3. The summed E-state index contributed by atoms with van der Waals surface area (Å²) in [5, 5.41) is 21.0. The van der Waals surface area contributed by atoms with Gasteiger partial charge in [0.05, 0.1) is 13.2 Å². The van der Waals surface area contributed by atoms with Gasteiger partial charge in [0.25, 0.3) is 0 Å². The number of phenolic OH excluding ortho intramolecular Hbond substituents is 1. The minimum atomic E-state index is -0.135. The molecule has 0 aromatic heterocycles. The second kappa shape index (κ2) is 5.66. The van der Waals surface area contributed by atoms with Gasteiger partial charge in [0, 0.05) is 0 Å². The molecule has 3 heteroatoms. The van der Waals surface area contributed by atoms with Gasteiger partial charge in [-0.05, 0) is 84.5 Å². The lowest BCUT2D eigenvalue weighted by atomic mass is 9.55. The summed E-state index contributed by atoms with van der Waals surface area (Å²) in [7, 11) is 1.62. The highest BCUT2D eigenvalue weighted by molar-refractivity contribution is 5.49. The van der Waals surface area contributed by atoms with Crippen molar-refractivity contribution in [3.63, 3.8) is 0 Å². The molecule has 24 heavy (non-hydrogen) atoms. The number of methoxy groups -OCH3 is 1. The van der Waals surface area contributed by atoms with Crippen LogP contribution in [0.1, 0.15) is 63.0 Å². The normalized spacial score (nSPS) is 40.6. The van der Waals surface area contributed by atoms with E-state index in [1.807, 2.05) is 6.07 Å². The zero-order valence-corrected chi connectivity index (χ0v) is 15.1. The minimum Gasteiger partial charge on any atom is -0.504 e. The zero-order valence-electron chi connectivity index (χ0n) is 15.1. The number of aryl methyl sites for hydroxylation is 1. The Morgan fingerprint density at radius 3 is 2.79 bits per heavy atom. The molecule has 1 aromatic carbocycles. The number of fused-ring (bicyclic) bond motifs is 5. The largest absolute Gasteiger partial charge is 0.504 e. The van der Waals surface area contributed by atoms with Gasteiger partial charge in [-0.2, -0.15) is 0 Å². The molecule has 0 bridgehead atoms. The maximum Gasteiger partial charge on any atom is 0.160 e. The van der Waals surface area contributed by atoms with Gasteiger partial charge in [-0.25, -0.2) is 0 Å². The molecule has 132 valence electrons. The highest BCUT2D eigenvalue weighted by Crippen LogP contribution is 2.62. The molecular weight excluding hydrogens is 300 g/mol. The van der Waals surface area contributed by atoms with Crippen molar-refractivity contribution >= 4 is 0 Å². The van der Waals surface area contributed by atoms with E-state index in [2.05, 4.69) is 19.9 Å². The molecule has 6 atom stereocenters. The van der Waals surface area contributed by atoms with E-state index in [0.717, 1.165) is 25.7 Å². The Balaban J connectivity index is 1.70. The SMILES string of the molecule is CC[C@@H]1C[C@H]2[C@@H]3CCc4cc(O)c(OC)cc4[C@H]3CC[C@]2(C)[C@H]1O. The van der Waals surface area contributed by atoms with Crippen LogP contribution in [0.3, 0.4) is 0 Å². The van der Waals surface area contributed by atoms with Gasteiger partial charge in [-0.15, -0.1) is 0 Å². The lowest BCUT2D eigenvalue weighted by Gasteiger charge is -2.50. The van der Waals surface area contributed by atoms with Crippen LogP contribution in [-0.2, 0) is 6.42 Å². The van der Waals surface area contributed by atoms with Crippen LogP contribution in [0.25, 0.3) is 0 Å². The van der Waals surface area contributed by atoms with E-state index in [4.69, 9.17) is 4.74 Å². The molecule has 4 rings (SSSR count). The van der Waals surface area contributed by atoms with Crippen molar-refractivity contribution in [3.8, 4) is 11.5 Å². The summed E-state index contributed by atoms with van der Waals surface area (Å²) >= 11 is 0. The second-order valence-electron chi connectivity index (χ2n) is 8.53. The maximum absolute atomic E-state index is 10.9. The molecule has 2 fully saturated rings. The molecule has 2 saturated carbocycles. The third kappa shape index (κ3) is 2.13. The van der Waals surface area contributed by atoms with Gasteiger partial charge in [-0.3, -0.25) is 0 Å². The average Bonchev–Trinajstić information content (AvgIpc) is 2.85. The van der Waals surface area contributed by atoms with Crippen molar-refractivity contribution in [3.05, 3.63) is 23.3 Å². The van der Waals surface area contributed by atoms with Crippen LogP contribution >= 0.6 is 0 Å². The Morgan fingerprint density at radius 1 is 1.29 bits per heavy atom. The second-order valence-corrected chi connectivity index (χ2v) is 8.53. The summed E-state index contributed by atoms with van der Waals surface area (Å²) in [5.41, 5.74) is 2.78.